The van der Waals surface area contributed by atoms with Crippen LogP contribution in [0.1, 0.15) is 21.5 Å². The first kappa shape index (κ1) is 25.3. The topological polar surface area (TPSA) is 72.9 Å². The van der Waals surface area contributed by atoms with E-state index in [9.17, 15) is 14.4 Å². The summed E-state index contributed by atoms with van der Waals surface area (Å²) in [4.78, 5) is 39.9. The second-order valence-corrected chi connectivity index (χ2v) is 9.94. The number of thioether (sulfide) groups is 1. The molecule has 1 heterocycles. The van der Waals surface area contributed by atoms with Crippen LogP contribution in [0.5, 0.6) is 11.5 Å². The molecule has 0 radical (unpaired) electrons. The number of carbonyl (C=O) groups excluding carboxylic acids is 3. The fourth-order valence-corrected chi connectivity index (χ4v) is 5.02. The third-order valence-electron chi connectivity index (χ3n) is 5.02. The summed E-state index contributed by atoms with van der Waals surface area (Å²) in [5, 5.41) is 0.112. The molecule has 0 unspecified atom stereocenters. The SMILES string of the molecule is COc1cccc(/C=C2\SC(=O)N(Cc3ccccc3Br)C2=O)c1OC(=O)c1ccc(Cl)cc1Cl. The molecule has 0 N–H and O–H groups in total. The molecule has 6 nitrogen and oxygen atoms in total. The molecule has 10 heteroatoms. The zero-order chi connectivity index (χ0) is 25.1. The smallest absolute Gasteiger partial charge is 0.345 e. The maximum Gasteiger partial charge on any atom is 0.345 e. The highest BCUT2D eigenvalue weighted by Crippen LogP contribution is 2.39. The Kier molecular flexibility index (Phi) is 7.86. The quantitative estimate of drug-likeness (QED) is 0.171. The number of amides is 2. The van der Waals surface area contributed by atoms with Gasteiger partial charge in [-0.1, -0.05) is 69.5 Å². The van der Waals surface area contributed by atoms with E-state index >= 15 is 0 Å². The Morgan fingerprint density at radius 2 is 1.86 bits per heavy atom. The van der Waals surface area contributed by atoms with E-state index in [4.69, 9.17) is 32.7 Å². The van der Waals surface area contributed by atoms with Gasteiger partial charge < -0.3 is 9.47 Å². The Labute approximate surface area is 223 Å². The molecule has 1 fully saturated rings. The predicted octanol–water partition coefficient (Wildman–Crippen LogP) is 7.22. The summed E-state index contributed by atoms with van der Waals surface area (Å²) in [6.07, 6.45) is 1.50. The van der Waals surface area contributed by atoms with E-state index in [1.54, 1.807) is 18.2 Å². The van der Waals surface area contributed by atoms with Crippen LogP contribution in [0, 0.1) is 0 Å². The van der Waals surface area contributed by atoms with Crippen LogP contribution in [0.2, 0.25) is 10.0 Å². The molecule has 1 saturated heterocycles. The molecule has 0 bridgehead atoms. The highest BCUT2D eigenvalue weighted by Gasteiger charge is 2.35. The van der Waals surface area contributed by atoms with Gasteiger partial charge in [-0.3, -0.25) is 14.5 Å². The summed E-state index contributed by atoms with van der Waals surface area (Å²) < 4.78 is 11.8. The Bertz CT molecular complexity index is 1380. The number of carbonyl (C=O) groups is 3. The maximum absolute atomic E-state index is 13.1. The number of para-hydroxylation sites is 1. The van der Waals surface area contributed by atoms with Crippen molar-refractivity contribution >= 4 is 74.1 Å². The van der Waals surface area contributed by atoms with Crippen LogP contribution in [0.25, 0.3) is 6.08 Å². The molecule has 0 saturated carbocycles. The molecule has 178 valence electrons. The fraction of sp³-hybridized carbons (Fsp3) is 0.0800. The van der Waals surface area contributed by atoms with Gasteiger partial charge >= 0.3 is 5.97 Å². The van der Waals surface area contributed by atoms with Crippen molar-refractivity contribution in [2.24, 2.45) is 0 Å². The van der Waals surface area contributed by atoms with E-state index in [0.717, 1.165) is 26.7 Å². The number of imide groups is 1. The van der Waals surface area contributed by atoms with E-state index in [1.807, 2.05) is 24.3 Å². The highest BCUT2D eigenvalue weighted by molar-refractivity contribution is 9.10. The average molecular weight is 593 g/mol. The van der Waals surface area contributed by atoms with E-state index < -0.39 is 17.1 Å². The minimum Gasteiger partial charge on any atom is -0.493 e. The first-order chi connectivity index (χ1) is 16.8. The lowest BCUT2D eigenvalue weighted by Gasteiger charge is -2.14. The van der Waals surface area contributed by atoms with Crippen molar-refractivity contribution in [3.8, 4) is 11.5 Å². The van der Waals surface area contributed by atoms with Crippen LogP contribution in [-0.2, 0) is 11.3 Å². The predicted molar refractivity (Wildman–Crippen MR) is 140 cm³/mol. The number of methoxy groups -OCH3 is 1. The molecule has 3 aromatic carbocycles. The normalized spacial score (nSPS) is 14.5. The zero-order valence-electron chi connectivity index (χ0n) is 18.1. The molecule has 0 aliphatic carbocycles. The lowest BCUT2D eigenvalue weighted by molar-refractivity contribution is -0.123. The van der Waals surface area contributed by atoms with Crippen molar-refractivity contribution in [3.63, 3.8) is 0 Å². The third kappa shape index (κ3) is 5.56. The fourth-order valence-electron chi connectivity index (χ4n) is 3.29. The Morgan fingerprint density at radius 1 is 1.09 bits per heavy atom. The van der Waals surface area contributed by atoms with Crippen molar-refractivity contribution in [2.75, 3.05) is 7.11 Å². The molecular weight excluding hydrogens is 577 g/mol. The highest BCUT2D eigenvalue weighted by atomic mass is 79.9. The molecule has 0 atom stereocenters. The summed E-state index contributed by atoms with van der Waals surface area (Å²) >= 11 is 16.3. The number of hydrogen-bond donors (Lipinski definition) is 0. The van der Waals surface area contributed by atoms with Gasteiger partial charge in [0.2, 0.25) is 0 Å². The second-order valence-electron chi connectivity index (χ2n) is 7.25. The van der Waals surface area contributed by atoms with Crippen LogP contribution in [0.4, 0.5) is 4.79 Å². The lowest BCUT2D eigenvalue weighted by Crippen LogP contribution is -2.27. The number of nitrogens with zero attached hydrogens (tertiary/aromatic N) is 1. The van der Waals surface area contributed by atoms with E-state index in [0.29, 0.717) is 10.6 Å². The van der Waals surface area contributed by atoms with Crippen molar-refractivity contribution < 1.29 is 23.9 Å². The van der Waals surface area contributed by atoms with Crippen LogP contribution < -0.4 is 9.47 Å². The van der Waals surface area contributed by atoms with Gasteiger partial charge in [-0.15, -0.1) is 0 Å². The molecule has 2 amide bonds. The summed E-state index contributed by atoms with van der Waals surface area (Å²) in [5.74, 6) is -0.822. The number of rotatable bonds is 6. The van der Waals surface area contributed by atoms with Gasteiger partial charge in [0.1, 0.15) is 0 Å². The Hall–Kier alpha value is -2.78. The van der Waals surface area contributed by atoms with Gasteiger partial charge in [0.15, 0.2) is 11.5 Å². The van der Waals surface area contributed by atoms with E-state index in [1.165, 1.54) is 31.4 Å². The Morgan fingerprint density at radius 3 is 2.57 bits per heavy atom. The van der Waals surface area contributed by atoms with Crippen LogP contribution >= 0.6 is 50.9 Å². The third-order valence-corrected chi connectivity index (χ3v) is 7.25. The van der Waals surface area contributed by atoms with Crippen molar-refractivity contribution in [2.45, 2.75) is 6.54 Å². The number of benzene rings is 3. The molecule has 35 heavy (non-hydrogen) atoms. The number of hydrogen-bond acceptors (Lipinski definition) is 6. The largest absolute Gasteiger partial charge is 0.493 e. The van der Waals surface area contributed by atoms with Crippen LogP contribution in [0.3, 0.4) is 0 Å². The summed E-state index contributed by atoms with van der Waals surface area (Å²) in [7, 11) is 1.43. The van der Waals surface area contributed by atoms with Gasteiger partial charge in [-0.25, -0.2) is 4.79 Å². The number of ether oxygens (including phenoxy) is 2. The van der Waals surface area contributed by atoms with Crippen molar-refractivity contribution in [1.82, 2.24) is 4.90 Å². The first-order valence-corrected chi connectivity index (χ1v) is 12.5. The van der Waals surface area contributed by atoms with Gasteiger partial charge in [-0.2, -0.15) is 0 Å². The molecule has 1 aliphatic heterocycles. The molecular formula is C25H16BrCl2NO5S. The Balaban J connectivity index is 1.64. The minimum atomic E-state index is -0.729. The monoisotopic (exact) mass is 591 g/mol. The first-order valence-electron chi connectivity index (χ1n) is 10.1. The van der Waals surface area contributed by atoms with Crippen LogP contribution in [-0.4, -0.2) is 29.1 Å². The molecule has 4 rings (SSSR count). The summed E-state index contributed by atoms with van der Waals surface area (Å²) in [6, 6.07) is 16.7. The standard InChI is InChI=1S/C25H16BrCl2NO5S/c1-33-20-8-4-6-14(22(20)34-24(31)17-10-9-16(27)12-19(17)28)11-21-23(30)29(25(32)35-21)13-15-5-2-3-7-18(15)26/h2-12H,13H2,1H3/b21-11-. The number of halogens is 3. The molecule has 0 spiro atoms. The zero-order valence-corrected chi connectivity index (χ0v) is 22.0. The van der Waals surface area contributed by atoms with Gasteiger partial charge in [0.25, 0.3) is 11.1 Å². The minimum absolute atomic E-state index is 0.0867. The maximum atomic E-state index is 13.1. The lowest BCUT2D eigenvalue weighted by atomic mass is 10.1. The van der Waals surface area contributed by atoms with Gasteiger partial charge in [0, 0.05) is 15.1 Å². The van der Waals surface area contributed by atoms with Gasteiger partial charge in [-0.05, 0) is 53.7 Å². The average Bonchev–Trinajstić information content (AvgIpc) is 3.08. The molecule has 3 aromatic rings. The van der Waals surface area contributed by atoms with E-state index in [-0.39, 0.29) is 33.5 Å². The van der Waals surface area contributed by atoms with Crippen LogP contribution in [0.15, 0.2) is 70.0 Å². The van der Waals surface area contributed by atoms with Crippen molar-refractivity contribution in [3.05, 3.63) is 96.8 Å². The van der Waals surface area contributed by atoms with Gasteiger partial charge in [0.05, 0.1) is 29.1 Å². The number of esters is 1. The summed E-state index contributed by atoms with van der Waals surface area (Å²) in [5.41, 5.74) is 1.29. The van der Waals surface area contributed by atoms with Crippen molar-refractivity contribution in [1.29, 1.82) is 0 Å². The summed E-state index contributed by atoms with van der Waals surface area (Å²) in [6.45, 7) is 0.123. The molecule has 1 aliphatic rings. The second kappa shape index (κ2) is 10.9. The molecule has 0 aromatic heterocycles. The van der Waals surface area contributed by atoms with E-state index in [2.05, 4.69) is 15.9 Å².